The molecule has 0 fully saturated rings. The van der Waals surface area contributed by atoms with Gasteiger partial charge in [-0.15, -0.1) is 11.3 Å². The normalized spacial score (nSPS) is 12.4. The van der Waals surface area contributed by atoms with Crippen LogP contribution in [0.15, 0.2) is 24.4 Å². The van der Waals surface area contributed by atoms with Crippen molar-refractivity contribution >= 4 is 11.3 Å². The van der Waals surface area contributed by atoms with Crippen molar-refractivity contribution in [2.45, 2.75) is 26.8 Å². The molecule has 1 N–H and O–H groups in total. The molecule has 0 bridgehead atoms. The molecular weight excluding hydrogens is 256 g/mol. The Kier molecular flexibility index (Phi) is 4.56. The van der Waals surface area contributed by atoms with Crippen LogP contribution in [0.1, 0.15) is 30.3 Å². The molecule has 2 rings (SSSR count). The van der Waals surface area contributed by atoms with Crippen LogP contribution in [-0.4, -0.2) is 18.6 Å². The van der Waals surface area contributed by atoms with Gasteiger partial charge in [0.05, 0.1) is 12.7 Å². The molecule has 19 heavy (non-hydrogen) atoms. The molecule has 0 aliphatic rings. The van der Waals surface area contributed by atoms with E-state index in [2.05, 4.69) is 43.2 Å². The van der Waals surface area contributed by atoms with Crippen LogP contribution in [0.3, 0.4) is 0 Å². The number of rotatable bonds is 5. The maximum atomic E-state index is 5.45. The number of hydrogen-bond acceptors (Lipinski definition) is 4. The number of aryl methyl sites for hydroxylation is 1. The average molecular weight is 276 g/mol. The van der Waals surface area contributed by atoms with E-state index in [1.54, 1.807) is 18.4 Å². The van der Waals surface area contributed by atoms with Crippen LogP contribution in [-0.2, 0) is 0 Å². The predicted octanol–water partition coefficient (Wildman–Crippen LogP) is 3.80. The maximum absolute atomic E-state index is 5.45. The fourth-order valence-electron chi connectivity index (χ4n) is 1.99. The van der Waals surface area contributed by atoms with E-state index in [-0.39, 0.29) is 0 Å². The number of thiazole rings is 1. The predicted molar refractivity (Wildman–Crippen MR) is 80.9 cm³/mol. The molecule has 0 saturated carbocycles. The molecule has 1 aromatic heterocycles. The number of methoxy groups -OCH3 is 1. The van der Waals surface area contributed by atoms with Gasteiger partial charge in [-0.2, -0.15) is 0 Å². The average Bonchev–Trinajstić information content (AvgIpc) is 2.88. The SMILES string of the molecule is CCNC(C)c1cnc(-c2ccc(C)cc2OC)s1. The summed E-state index contributed by atoms with van der Waals surface area (Å²) in [7, 11) is 1.70. The Morgan fingerprint density at radius 1 is 1.42 bits per heavy atom. The van der Waals surface area contributed by atoms with Crippen molar-refractivity contribution in [3.63, 3.8) is 0 Å². The van der Waals surface area contributed by atoms with Gasteiger partial charge in [-0.3, -0.25) is 0 Å². The van der Waals surface area contributed by atoms with E-state index in [0.29, 0.717) is 6.04 Å². The molecule has 0 saturated heterocycles. The summed E-state index contributed by atoms with van der Waals surface area (Å²) in [6.07, 6.45) is 1.95. The first kappa shape index (κ1) is 14.0. The van der Waals surface area contributed by atoms with Gasteiger partial charge in [-0.25, -0.2) is 4.98 Å². The van der Waals surface area contributed by atoms with E-state index in [1.165, 1.54) is 10.4 Å². The highest BCUT2D eigenvalue weighted by Crippen LogP contribution is 2.35. The van der Waals surface area contributed by atoms with Crippen LogP contribution in [0, 0.1) is 6.92 Å². The summed E-state index contributed by atoms with van der Waals surface area (Å²) in [5.74, 6) is 0.886. The molecule has 2 aromatic rings. The van der Waals surface area contributed by atoms with Crippen molar-refractivity contribution in [2.75, 3.05) is 13.7 Å². The molecule has 4 heteroatoms. The Bertz CT molecular complexity index is 551. The highest BCUT2D eigenvalue weighted by Gasteiger charge is 2.13. The molecule has 1 atom stereocenters. The molecule has 1 unspecified atom stereocenters. The van der Waals surface area contributed by atoms with E-state index in [9.17, 15) is 0 Å². The third-order valence-electron chi connectivity index (χ3n) is 3.05. The monoisotopic (exact) mass is 276 g/mol. The molecule has 0 amide bonds. The minimum Gasteiger partial charge on any atom is -0.496 e. The lowest BCUT2D eigenvalue weighted by Crippen LogP contribution is -2.16. The van der Waals surface area contributed by atoms with Crippen LogP contribution in [0.2, 0.25) is 0 Å². The lowest BCUT2D eigenvalue weighted by Gasteiger charge is -2.09. The number of nitrogens with zero attached hydrogens (tertiary/aromatic N) is 1. The second-order valence-corrected chi connectivity index (χ2v) is 5.61. The molecular formula is C15H20N2OS. The van der Waals surface area contributed by atoms with Gasteiger partial charge < -0.3 is 10.1 Å². The standard InChI is InChI=1S/C15H20N2OS/c1-5-16-11(3)14-9-17-15(19-14)12-7-6-10(2)8-13(12)18-4/h6-9,11,16H,5H2,1-4H3. The van der Waals surface area contributed by atoms with E-state index in [0.717, 1.165) is 22.9 Å². The maximum Gasteiger partial charge on any atom is 0.129 e. The molecule has 102 valence electrons. The van der Waals surface area contributed by atoms with Crippen molar-refractivity contribution in [1.29, 1.82) is 0 Å². The summed E-state index contributed by atoms with van der Waals surface area (Å²) in [6.45, 7) is 7.30. The van der Waals surface area contributed by atoms with E-state index in [4.69, 9.17) is 4.74 Å². The van der Waals surface area contributed by atoms with Crippen LogP contribution in [0.25, 0.3) is 10.6 Å². The number of nitrogens with one attached hydrogen (secondary N) is 1. The van der Waals surface area contributed by atoms with Crippen molar-refractivity contribution < 1.29 is 4.74 Å². The Balaban J connectivity index is 2.32. The first-order chi connectivity index (χ1) is 9.15. The molecule has 0 radical (unpaired) electrons. The van der Waals surface area contributed by atoms with Gasteiger partial charge in [0.15, 0.2) is 0 Å². The summed E-state index contributed by atoms with van der Waals surface area (Å²) >= 11 is 1.72. The molecule has 3 nitrogen and oxygen atoms in total. The van der Waals surface area contributed by atoms with E-state index >= 15 is 0 Å². The van der Waals surface area contributed by atoms with Gasteiger partial charge in [0.2, 0.25) is 0 Å². The summed E-state index contributed by atoms with van der Waals surface area (Å²) in [5.41, 5.74) is 2.26. The molecule has 0 aliphatic heterocycles. The minimum absolute atomic E-state index is 0.340. The van der Waals surface area contributed by atoms with Crippen LogP contribution >= 0.6 is 11.3 Å². The first-order valence-electron chi connectivity index (χ1n) is 6.49. The second-order valence-electron chi connectivity index (χ2n) is 4.55. The van der Waals surface area contributed by atoms with Gasteiger partial charge in [-0.05, 0) is 38.1 Å². The minimum atomic E-state index is 0.340. The highest BCUT2D eigenvalue weighted by atomic mass is 32.1. The number of aromatic nitrogens is 1. The van der Waals surface area contributed by atoms with E-state index in [1.807, 2.05) is 12.3 Å². The van der Waals surface area contributed by atoms with E-state index < -0.39 is 0 Å². The summed E-state index contributed by atoms with van der Waals surface area (Å²) < 4.78 is 5.45. The lowest BCUT2D eigenvalue weighted by molar-refractivity contribution is 0.416. The molecule has 1 heterocycles. The Morgan fingerprint density at radius 3 is 2.89 bits per heavy atom. The number of ether oxygens (including phenoxy) is 1. The molecule has 0 aliphatic carbocycles. The van der Waals surface area contributed by atoms with Gasteiger partial charge in [-0.1, -0.05) is 13.0 Å². The van der Waals surface area contributed by atoms with Crippen molar-refractivity contribution in [3.05, 3.63) is 34.8 Å². The van der Waals surface area contributed by atoms with Crippen LogP contribution < -0.4 is 10.1 Å². The fraction of sp³-hybridized carbons (Fsp3) is 0.400. The number of benzene rings is 1. The van der Waals surface area contributed by atoms with Gasteiger partial charge >= 0.3 is 0 Å². The molecule has 0 spiro atoms. The quantitative estimate of drug-likeness (QED) is 0.902. The van der Waals surface area contributed by atoms with Gasteiger partial charge in [0.1, 0.15) is 10.8 Å². The fourth-order valence-corrected chi connectivity index (χ4v) is 2.97. The Labute approximate surface area is 118 Å². The van der Waals surface area contributed by atoms with Crippen molar-refractivity contribution in [2.24, 2.45) is 0 Å². The second kappa shape index (κ2) is 6.17. The lowest BCUT2D eigenvalue weighted by atomic mass is 10.1. The van der Waals surface area contributed by atoms with Crippen molar-refractivity contribution in [3.8, 4) is 16.3 Å². The molecule has 1 aromatic carbocycles. The third-order valence-corrected chi connectivity index (χ3v) is 4.26. The summed E-state index contributed by atoms with van der Waals surface area (Å²) in [5, 5.41) is 4.41. The Morgan fingerprint density at radius 2 is 2.21 bits per heavy atom. The largest absolute Gasteiger partial charge is 0.496 e. The zero-order chi connectivity index (χ0) is 13.8. The number of hydrogen-bond donors (Lipinski definition) is 1. The smallest absolute Gasteiger partial charge is 0.129 e. The topological polar surface area (TPSA) is 34.2 Å². The third kappa shape index (κ3) is 3.14. The Hall–Kier alpha value is -1.39. The summed E-state index contributed by atoms with van der Waals surface area (Å²) in [6, 6.07) is 6.55. The van der Waals surface area contributed by atoms with Gasteiger partial charge in [0, 0.05) is 17.1 Å². The zero-order valence-corrected chi connectivity index (χ0v) is 12.7. The summed E-state index contributed by atoms with van der Waals surface area (Å²) in [4.78, 5) is 5.78. The van der Waals surface area contributed by atoms with Crippen molar-refractivity contribution in [1.82, 2.24) is 10.3 Å². The van der Waals surface area contributed by atoms with Gasteiger partial charge in [0.25, 0.3) is 0 Å². The zero-order valence-electron chi connectivity index (χ0n) is 11.9. The first-order valence-corrected chi connectivity index (χ1v) is 7.31. The highest BCUT2D eigenvalue weighted by molar-refractivity contribution is 7.15. The van der Waals surface area contributed by atoms with Crippen LogP contribution in [0.5, 0.6) is 5.75 Å². The van der Waals surface area contributed by atoms with Crippen LogP contribution in [0.4, 0.5) is 0 Å².